The van der Waals surface area contributed by atoms with Crippen LogP contribution < -0.4 is 0 Å². The van der Waals surface area contributed by atoms with Gasteiger partial charge in [0.1, 0.15) is 0 Å². The minimum atomic E-state index is -3.00. The number of rotatable bonds is 5. The van der Waals surface area contributed by atoms with Gasteiger partial charge in [-0.15, -0.1) is 11.8 Å². The van der Waals surface area contributed by atoms with Crippen LogP contribution in [-0.2, 0) is 13.6 Å². The van der Waals surface area contributed by atoms with Crippen LogP contribution in [0, 0.1) is 11.2 Å². The standard InChI is InChI=1S/C7H13O3PS2/c1-4-12-6-5-7-13-11(8,9-2)10-3/h4,6H2,1-3H3. The lowest BCUT2D eigenvalue weighted by Gasteiger charge is -2.07. The molecule has 0 aromatic heterocycles. The molecule has 76 valence electrons. The average molecular weight is 240 g/mol. The van der Waals surface area contributed by atoms with E-state index in [1.807, 2.05) is 0 Å². The van der Waals surface area contributed by atoms with Gasteiger partial charge in [-0.05, 0) is 11.0 Å². The van der Waals surface area contributed by atoms with Gasteiger partial charge in [0.2, 0.25) is 0 Å². The van der Waals surface area contributed by atoms with Crippen LogP contribution in [0.25, 0.3) is 0 Å². The first-order valence-corrected chi connectivity index (χ1v) is 7.76. The summed E-state index contributed by atoms with van der Waals surface area (Å²) in [6.07, 6.45) is 0. The molecule has 0 aliphatic carbocycles. The number of thioether (sulfide) groups is 1. The maximum absolute atomic E-state index is 11.4. The van der Waals surface area contributed by atoms with Gasteiger partial charge in [-0.1, -0.05) is 12.8 Å². The Kier molecular flexibility index (Phi) is 8.03. The highest BCUT2D eigenvalue weighted by atomic mass is 32.7. The van der Waals surface area contributed by atoms with Gasteiger partial charge in [0.15, 0.2) is 0 Å². The summed E-state index contributed by atoms with van der Waals surface area (Å²) in [4.78, 5) is 0. The summed E-state index contributed by atoms with van der Waals surface area (Å²) in [6.45, 7) is -0.932. The van der Waals surface area contributed by atoms with Gasteiger partial charge in [-0.3, -0.25) is 0 Å². The molecule has 0 spiro atoms. The van der Waals surface area contributed by atoms with Crippen LogP contribution in [0.1, 0.15) is 6.92 Å². The van der Waals surface area contributed by atoms with Crippen LogP contribution >= 0.6 is 29.9 Å². The third-order valence-electron chi connectivity index (χ3n) is 1.06. The zero-order valence-corrected chi connectivity index (χ0v) is 10.4. The molecule has 0 aliphatic heterocycles. The van der Waals surface area contributed by atoms with E-state index >= 15 is 0 Å². The predicted octanol–water partition coefficient (Wildman–Crippen LogP) is 2.83. The Morgan fingerprint density at radius 3 is 2.46 bits per heavy atom. The molecule has 0 aliphatic rings. The topological polar surface area (TPSA) is 35.5 Å². The Bertz CT molecular complexity index is 226. The molecule has 0 radical (unpaired) electrons. The molecule has 0 atom stereocenters. The van der Waals surface area contributed by atoms with E-state index in [0.717, 1.165) is 22.9 Å². The molecule has 0 amide bonds. The molecular weight excluding hydrogens is 227 g/mol. The first kappa shape index (κ1) is 13.4. The zero-order valence-electron chi connectivity index (χ0n) is 7.90. The summed E-state index contributed by atoms with van der Waals surface area (Å²) < 4.78 is 20.8. The summed E-state index contributed by atoms with van der Waals surface area (Å²) in [5.41, 5.74) is 0. The molecule has 0 unspecified atom stereocenters. The zero-order chi connectivity index (χ0) is 10.2. The summed E-state index contributed by atoms with van der Waals surface area (Å²) in [6, 6.07) is 0. The first-order chi connectivity index (χ1) is 6.18. The monoisotopic (exact) mass is 240 g/mol. The molecule has 0 aromatic rings. The first-order valence-electron chi connectivity index (χ1n) is 3.64. The summed E-state index contributed by atoms with van der Waals surface area (Å²) in [5.74, 6) is 4.63. The second-order valence-electron chi connectivity index (χ2n) is 1.82. The van der Waals surface area contributed by atoms with Crippen LogP contribution in [-0.4, -0.2) is 25.7 Å². The lowest BCUT2D eigenvalue weighted by Crippen LogP contribution is -1.81. The lowest BCUT2D eigenvalue weighted by molar-refractivity contribution is 0.295. The van der Waals surface area contributed by atoms with E-state index < -0.39 is 6.80 Å². The predicted molar refractivity (Wildman–Crippen MR) is 60.0 cm³/mol. The maximum atomic E-state index is 11.4. The second kappa shape index (κ2) is 7.78. The quantitative estimate of drug-likeness (QED) is 0.419. The van der Waals surface area contributed by atoms with E-state index in [2.05, 4.69) is 27.1 Å². The van der Waals surface area contributed by atoms with Gasteiger partial charge in [0, 0.05) is 25.6 Å². The fourth-order valence-corrected chi connectivity index (χ4v) is 2.41. The number of hydrogen-bond acceptors (Lipinski definition) is 5. The molecule has 0 bridgehead atoms. The van der Waals surface area contributed by atoms with E-state index in [0.29, 0.717) is 0 Å². The highest BCUT2D eigenvalue weighted by molar-refractivity contribution is 8.57. The molecule has 3 nitrogen and oxygen atoms in total. The van der Waals surface area contributed by atoms with Crippen molar-refractivity contribution in [2.24, 2.45) is 0 Å². The van der Waals surface area contributed by atoms with Gasteiger partial charge in [-0.2, -0.15) is 0 Å². The molecule has 0 saturated heterocycles. The van der Waals surface area contributed by atoms with E-state index in [9.17, 15) is 4.57 Å². The van der Waals surface area contributed by atoms with Gasteiger partial charge in [0.05, 0.1) is 5.75 Å². The molecule has 0 N–H and O–H groups in total. The average Bonchev–Trinajstić information content (AvgIpc) is 2.17. The van der Waals surface area contributed by atoms with Crippen molar-refractivity contribution >= 4 is 29.9 Å². The lowest BCUT2D eigenvalue weighted by atomic mass is 10.8. The Balaban J connectivity index is 3.82. The van der Waals surface area contributed by atoms with Crippen LogP contribution in [0.15, 0.2) is 0 Å². The van der Waals surface area contributed by atoms with Crippen molar-refractivity contribution in [1.82, 2.24) is 0 Å². The summed E-state index contributed by atoms with van der Waals surface area (Å²) in [5, 5.41) is 2.70. The highest BCUT2D eigenvalue weighted by Gasteiger charge is 2.20. The van der Waals surface area contributed by atoms with E-state index in [4.69, 9.17) is 0 Å². The van der Waals surface area contributed by atoms with Crippen LogP contribution in [0.5, 0.6) is 0 Å². The van der Waals surface area contributed by atoms with Gasteiger partial charge >= 0.3 is 6.80 Å². The van der Waals surface area contributed by atoms with Gasteiger partial charge in [-0.25, -0.2) is 4.57 Å². The maximum Gasteiger partial charge on any atom is 0.400 e. The fraction of sp³-hybridized carbons (Fsp3) is 0.714. The fourth-order valence-electron chi connectivity index (χ4n) is 0.420. The van der Waals surface area contributed by atoms with Crippen LogP contribution in [0.4, 0.5) is 0 Å². The minimum absolute atomic E-state index is 0.747. The van der Waals surface area contributed by atoms with Crippen molar-refractivity contribution in [3.05, 3.63) is 0 Å². The molecule has 6 heteroatoms. The van der Waals surface area contributed by atoms with Crippen molar-refractivity contribution in [3.8, 4) is 11.2 Å². The van der Waals surface area contributed by atoms with Crippen molar-refractivity contribution < 1.29 is 13.6 Å². The molecule has 0 rings (SSSR count). The Morgan fingerprint density at radius 1 is 1.38 bits per heavy atom. The van der Waals surface area contributed by atoms with Crippen molar-refractivity contribution in [1.29, 1.82) is 0 Å². The Morgan fingerprint density at radius 2 is 2.00 bits per heavy atom. The molecular formula is C7H13O3PS2. The van der Waals surface area contributed by atoms with Gasteiger partial charge in [0.25, 0.3) is 0 Å². The van der Waals surface area contributed by atoms with Crippen molar-refractivity contribution in [2.75, 3.05) is 25.7 Å². The molecule has 0 aromatic carbocycles. The smallest absolute Gasteiger partial charge is 0.303 e. The highest BCUT2D eigenvalue weighted by Crippen LogP contribution is 2.58. The van der Waals surface area contributed by atoms with Crippen LogP contribution in [0.2, 0.25) is 0 Å². The molecule has 0 saturated carbocycles. The van der Waals surface area contributed by atoms with E-state index in [1.165, 1.54) is 14.2 Å². The largest absolute Gasteiger partial charge is 0.400 e. The van der Waals surface area contributed by atoms with E-state index in [1.54, 1.807) is 11.8 Å². The van der Waals surface area contributed by atoms with Crippen LogP contribution in [0.3, 0.4) is 0 Å². The van der Waals surface area contributed by atoms with Gasteiger partial charge < -0.3 is 9.05 Å². The summed E-state index contributed by atoms with van der Waals surface area (Å²) >= 11 is 2.63. The van der Waals surface area contributed by atoms with Crippen molar-refractivity contribution in [2.45, 2.75) is 6.92 Å². The Labute approximate surface area is 87.6 Å². The molecule has 13 heavy (non-hydrogen) atoms. The molecule has 0 fully saturated rings. The number of hydrogen-bond donors (Lipinski definition) is 0. The third-order valence-corrected chi connectivity index (χ3v) is 5.00. The second-order valence-corrected chi connectivity index (χ2v) is 6.99. The SMILES string of the molecule is CCSCC#CSP(=O)(OC)OC. The van der Waals surface area contributed by atoms with E-state index in [-0.39, 0.29) is 0 Å². The summed E-state index contributed by atoms with van der Waals surface area (Å²) in [7, 11) is 2.69. The minimum Gasteiger partial charge on any atom is -0.303 e. The molecule has 0 heterocycles. The third kappa shape index (κ3) is 6.48. The normalized spacial score (nSPS) is 10.7. The Hall–Kier alpha value is 0.410. The van der Waals surface area contributed by atoms with Crippen molar-refractivity contribution in [3.63, 3.8) is 0 Å².